The number of aromatic nitrogens is 2. The van der Waals surface area contributed by atoms with Crippen LogP contribution < -0.4 is 25.7 Å². The van der Waals surface area contributed by atoms with Crippen LogP contribution in [-0.4, -0.2) is 35.3 Å². The van der Waals surface area contributed by atoms with E-state index >= 15 is 0 Å². The molecule has 2 aromatic heterocycles. The fraction of sp³-hybridized carbons (Fsp3) is 0.179. The molecule has 1 unspecified atom stereocenters. The molecular weight excluding hydrogens is 475 g/mol. The third-order valence-corrected chi connectivity index (χ3v) is 6.24. The summed E-state index contributed by atoms with van der Waals surface area (Å²) in [7, 11) is 1.67. The number of hydrogen-bond donors (Lipinski definition) is 2. The monoisotopic (exact) mass is 500 g/mol. The lowest BCUT2D eigenvalue weighted by Gasteiger charge is -2.17. The maximum absolute atomic E-state index is 13.6. The summed E-state index contributed by atoms with van der Waals surface area (Å²) in [5.74, 6) is 0.655. The van der Waals surface area contributed by atoms with Gasteiger partial charge in [-0.05, 0) is 85.3 Å². The number of likely N-dealkylation sites (N-methyl/N-ethyl adjacent to an activating group) is 1. The summed E-state index contributed by atoms with van der Waals surface area (Å²) >= 11 is 0. The average Bonchev–Trinajstić information content (AvgIpc) is 3.39. The van der Waals surface area contributed by atoms with E-state index in [-0.39, 0.29) is 36.3 Å². The van der Waals surface area contributed by atoms with Crippen LogP contribution in [-0.2, 0) is 11.3 Å². The molecule has 3 heterocycles. The van der Waals surface area contributed by atoms with Gasteiger partial charge in [-0.15, -0.1) is 0 Å². The Kier molecular flexibility index (Phi) is 6.70. The molecule has 2 aromatic carbocycles. The van der Waals surface area contributed by atoms with Crippen molar-refractivity contribution in [1.29, 1.82) is 0 Å². The van der Waals surface area contributed by atoms with Gasteiger partial charge in [-0.1, -0.05) is 6.07 Å². The lowest BCUT2D eigenvalue weighted by atomic mass is 10.0. The molecule has 4 aromatic rings. The SMILES string of the molecule is CNC(C)C(=O)Nc1ccc(-c2ccc(F)cc2)n(Cc2cncc(-c3ccc4c(c3)OCO4)c2)c1=O. The van der Waals surface area contributed by atoms with E-state index in [9.17, 15) is 14.0 Å². The van der Waals surface area contributed by atoms with Gasteiger partial charge in [-0.25, -0.2) is 4.39 Å². The molecule has 2 N–H and O–H groups in total. The van der Waals surface area contributed by atoms with Gasteiger partial charge in [0.2, 0.25) is 12.7 Å². The Morgan fingerprint density at radius 2 is 1.76 bits per heavy atom. The van der Waals surface area contributed by atoms with Crippen LogP contribution in [0.25, 0.3) is 22.4 Å². The Labute approximate surface area is 212 Å². The second kappa shape index (κ2) is 10.2. The molecular formula is C28H25FN4O4. The molecule has 0 saturated heterocycles. The predicted molar refractivity (Wildman–Crippen MR) is 138 cm³/mol. The Morgan fingerprint density at radius 1 is 1.00 bits per heavy atom. The van der Waals surface area contributed by atoms with Crippen molar-refractivity contribution < 1.29 is 18.7 Å². The normalized spacial score (nSPS) is 12.8. The maximum atomic E-state index is 13.6. The van der Waals surface area contributed by atoms with Gasteiger partial charge in [0, 0.05) is 18.0 Å². The second-order valence-electron chi connectivity index (χ2n) is 8.68. The summed E-state index contributed by atoms with van der Waals surface area (Å²) in [6, 6.07) is 16.3. The third-order valence-electron chi connectivity index (χ3n) is 6.24. The molecule has 5 rings (SSSR count). The largest absolute Gasteiger partial charge is 0.454 e. The zero-order chi connectivity index (χ0) is 25.9. The Hall–Kier alpha value is -4.50. The first-order valence-corrected chi connectivity index (χ1v) is 11.7. The number of carbonyl (C=O) groups is 1. The van der Waals surface area contributed by atoms with E-state index in [4.69, 9.17) is 9.47 Å². The molecule has 37 heavy (non-hydrogen) atoms. The zero-order valence-corrected chi connectivity index (χ0v) is 20.3. The summed E-state index contributed by atoms with van der Waals surface area (Å²) in [4.78, 5) is 30.4. The molecule has 0 aliphatic carbocycles. The first-order chi connectivity index (χ1) is 17.9. The van der Waals surface area contributed by atoms with Gasteiger partial charge in [-0.2, -0.15) is 0 Å². The van der Waals surface area contributed by atoms with Crippen molar-refractivity contribution in [3.05, 3.63) is 94.8 Å². The van der Waals surface area contributed by atoms with Crippen LogP contribution in [0.1, 0.15) is 12.5 Å². The van der Waals surface area contributed by atoms with E-state index in [1.807, 2.05) is 24.3 Å². The standard InChI is InChI=1S/C28H25FN4O4/c1-17(30-2)27(34)32-23-8-9-24(19-3-6-22(29)7-4-19)33(28(23)35)15-18-11-21(14-31-13-18)20-5-10-25-26(12-20)37-16-36-25/h3-14,17,30H,15-16H2,1-2H3,(H,32,34). The molecule has 1 aliphatic heterocycles. The van der Waals surface area contributed by atoms with Crippen molar-refractivity contribution in [2.75, 3.05) is 19.2 Å². The van der Waals surface area contributed by atoms with Crippen LogP contribution >= 0.6 is 0 Å². The van der Waals surface area contributed by atoms with E-state index in [2.05, 4.69) is 15.6 Å². The number of nitrogens with one attached hydrogen (secondary N) is 2. The highest BCUT2D eigenvalue weighted by Gasteiger charge is 2.17. The highest BCUT2D eigenvalue weighted by Crippen LogP contribution is 2.36. The van der Waals surface area contributed by atoms with Crippen molar-refractivity contribution >= 4 is 11.6 Å². The Balaban J connectivity index is 1.54. The van der Waals surface area contributed by atoms with Crippen LogP contribution in [0, 0.1) is 5.82 Å². The van der Waals surface area contributed by atoms with E-state index in [0.29, 0.717) is 22.8 Å². The van der Waals surface area contributed by atoms with Crippen molar-refractivity contribution in [2.45, 2.75) is 19.5 Å². The first kappa shape index (κ1) is 24.2. The van der Waals surface area contributed by atoms with Gasteiger partial charge in [0.1, 0.15) is 11.5 Å². The fourth-order valence-electron chi connectivity index (χ4n) is 4.07. The van der Waals surface area contributed by atoms with Gasteiger partial charge in [-0.3, -0.25) is 14.6 Å². The Bertz CT molecular complexity index is 1520. The van der Waals surface area contributed by atoms with E-state index in [0.717, 1.165) is 16.7 Å². The molecule has 0 spiro atoms. The smallest absolute Gasteiger partial charge is 0.275 e. The van der Waals surface area contributed by atoms with Gasteiger partial charge in [0.25, 0.3) is 5.56 Å². The number of rotatable bonds is 7. The number of fused-ring (bicyclic) bond motifs is 1. The first-order valence-electron chi connectivity index (χ1n) is 11.7. The van der Waals surface area contributed by atoms with E-state index < -0.39 is 6.04 Å². The van der Waals surface area contributed by atoms with Gasteiger partial charge in [0.15, 0.2) is 11.5 Å². The highest BCUT2D eigenvalue weighted by atomic mass is 19.1. The average molecular weight is 501 g/mol. The van der Waals surface area contributed by atoms with Crippen LogP contribution in [0.3, 0.4) is 0 Å². The summed E-state index contributed by atoms with van der Waals surface area (Å²) in [6.45, 7) is 2.07. The zero-order valence-electron chi connectivity index (χ0n) is 20.3. The molecule has 8 nitrogen and oxygen atoms in total. The Morgan fingerprint density at radius 3 is 2.54 bits per heavy atom. The number of nitrogens with zero attached hydrogens (tertiary/aromatic N) is 2. The number of amides is 1. The molecule has 1 aliphatic rings. The van der Waals surface area contributed by atoms with Crippen LogP contribution in [0.2, 0.25) is 0 Å². The quantitative estimate of drug-likeness (QED) is 0.398. The minimum atomic E-state index is -0.479. The summed E-state index contributed by atoms with van der Waals surface area (Å²) in [6.07, 6.45) is 3.42. The molecule has 0 radical (unpaired) electrons. The van der Waals surface area contributed by atoms with Gasteiger partial charge in [0.05, 0.1) is 18.3 Å². The number of anilines is 1. The number of carbonyl (C=O) groups excluding carboxylic acids is 1. The highest BCUT2D eigenvalue weighted by molar-refractivity contribution is 5.94. The van der Waals surface area contributed by atoms with Crippen LogP contribution in [0.4, 0.5) is 10.1 Å². The topological polar surface area (TPSA) is 94.5 Å². The summed E-state index contributed by atoms with van der Waals surface area (Å²) in [5, 5.41) is 5.56. The lowest BCUT2D eigenvalue weighted by Crippen LogP contribution is -2.37. The minimum absolute atomic E-state index is 0.151. The van der Waals surface area contributed by atoms with Crippen LogP contribution in [0.15, 0.2) is 77.9 Å². The number of ether oxygens (including phenoxy) is 2. The number of halogens is 1. The molecule has 9 heteroatoms. The molecule has 0 bridgehead atoms. The number of pyridine rings is 2. The van der Waals surface area contributed by atoms with Crippen molar-refractivity contribution in [2.24, 2.45) is 0 Å². The van der Waals surface area contributed by atoms with Gasteiger partial charge < -0.3 is 24.7 Å². The number of benzene rings is 2. The van der Waals surface area contributed by atoms with E-state index in [1.165, 1.54) is 12.1 Å². The number of hydrogen-bond acceptors (Lipinski definition) is 6. The van der Waals surface area contributed by atoms with Gasteiger partial charge >= 0.3 is 0 Å². The molecule has 188 valence electrons. The van der Waals surface area contributed by atoms with Crippen molar-refractivity contribution in [3.63, 3.8) is 0 Å². The fourth-order valence-corrected chi connectivity index (χ4v) is 4.07. The molecule has 1 amide bonds. The summed E-state index contributed by atoms with van der Waals surface area (Å²) < 4.78 is 26.0. The second-order valence-corrected chi connectivity index (χ2v) is 8.68. The third kappa shape index (κ3) is 5.07. The van der Waals surface area contributed by atoms with Crippen molar-refractivity contribution in [1.82, 2.24) is 14.9 Å². The lowest BCUT2D eigenvalue weighted by molar-refractivity contribution is -0.117. The molecule has 1 atom stereocenters. The molecule has 0 fully saturated rings. The van der Waals surface area contributed by atoms with E-state index in [1.54, 1.807) is 55.2 Å². The van der Waals surface area contributed by atoms with Crippen molar-refractivity contribution in [3.8, 4) is 33.9 Å². The maximum Gasteiger partial charge on any atom is 0.275 e. The molecule has 0 saturated carbocycles. The predicted octanol–water partition coefficient (Wildman–Crippen LogP) is 4.04. The summed E-state index contributed by atoms with van der Waals surface area (Å²) in [5.41, 5.74) is 3.53. The minimum Gasteiger partial charge on any atom is -0.454 e. The van der Waals surface area contributed by atoms with Crippen LogP contribution in [0.5, 0.6) is 11.5 Å².